The normalized spacial score (nSPS) is 11.6. The molecule has 0 radical (unpaired) electrons. The van der Waals surface area contributed by atoms with Gasteiger partial charge in [0, 0.05) is 10.4 Å². The van der Waals surface area contributed by atoms with Crippen LogP contribution in [0, 0.1) is 0 Å². The van der Waals surface area contributed by atoms with Gasteiger partial charge in [0.25, 0.3) is 5.56 Å². The maximum atomic E-state index is 13.1. The lowest BCUT2D eigenvalue weighted by Crippen LogP contribution is -2.23. The van der Waals surface area contributed by atoms with Crippen LogP contribution in [0.4, 0.5) is 0 Å². The summed E-state index contributed by atoms with van der Waals surface area (Å²) in [4.78, 5) is 17.8. The molecule has 6 nitrogen and oxygen atoms in total. The van der Waals surface area contributed by atoms with Gasteiger partial charge in [0.2, 0.25) is 0 Å². The van der Waals surface area contributed by atoms with Gasteiger partial charge in [-0.25, -0.2) is 4.98 Å². The Labute approximate surface area is 185 Å². The maximum Gasteiger partial charge on any atom is 0.282 e. The lowest BCUT2D eigenvalue weighted by atomic mass is 10.2. The molecule has 1 heterocycles. The minimum absolute atomic E-state index is 0.0227. The van der Waals surface area contributed by atoms with Crippen LogP contribution in [0.2, 0.25) is 0 Å². The number of hydrogen-bond donors (Lipinski definition) is 0. The van der Waals surface area contributed by atoms with Crippen molar-refractivity contribution in [2.45, 2.75) is 26.7 Å². The Bertz CT molecular complexity index is 1140. The largest absolute Gasteiger partial charge is 0.492 e. The molecule has 0 N–H and O–H groups in total. The molecule has 0 saturated heterocycles. The molecule has 0 aliphatic heterocycles. The lowest BCUT2D eigenvalue weighted by molar-refractivity contribution is 0.310. The van der Waals surface area contributed by atoms with Gasteiger partial charge in [0.15, 0.2) is 11.5 Å². The van der Waals surface area contributed by atoms with Crippen molar-refractivity contribution >= 4 is 49.0 Å². The van der Waals surface area contributed by atoms with E-state index in [0.29, 0.717) is 34.8 Å². The zero-order valence-electron chi connectivity index (χ0n) is 16.6. The van der Waals surface area contributed by atoms with Gasteiger partial charge in [-0.2, -0.15) is 9.78 Å². The monoisotopic (exact) mass is 521 g/mol. The van der Waals surface area contributed by atoms with Crippen LogP contribution in [0.15, 0.2) is 49.2 Å². The Balaban J connectivity index is 2.14. The van der Waals surface area contributed by atoms with Crippen molar-refractivity contribution < 1.29 is 9.47 Å². The molecule has 0 bridgehead atoms. The highest BCUT2D eigenvalue weighted by atomic mass is 79.9. The number of methoxy groups -OCH3 is 1. The fraction of sp³-hybridized carbons (Fsp3) is 0.286. The Morgan fingerprint density at radius 3 is 2.66 bits per heavy atom. The lowest BCUT2D eigenvalue weighted by Gasteiger charge is -2.13. The average Bonchev–Trinajstić information content (AvgIpc) is 2.67. The van der Waals surface area contributed by atoms with Gasteiger partial charge in [-0.05, 0) is 58.7 Å². The first kappa shape index (κ1) is 21.5. The second-order valence-electron chi connectivity index (χ2n) is 6.61. The van der Waals surface area contributed by atoms with Crippen LogP contribution in [-0.2, 0) is 0 Å². The molecule has 8 heteroatoms. The second kappa shape index (κ2) is 9.09. The van der Waals surface area contributed by atoms with Crippen LogP contribution in [0.1, 0.15) is 38.1 Å². The van der Waals surface area contributed by atoms with Gasteiger partial charge in [-0.15, -0.1) is 0 Å². The van der Waals surface area contributed by atoms with Gasteiger partial charge < -0.3 is 9.47 Å². The predicted molar refractivity (Wildman–Crippen MR) is 123 cm³/mol. The summed E-state index contributed by atoms with van der Waals surface area (Å²) in [7, 11) is 1.59. The van der Waals surface area contributed by atoms with Crippen molar-refractivity contribution in [2.24, 2.45) is 5.10 Å². The smallest absolute Gasteiger partial charge is 0.282 e. The molecule has 1 aromatic heterocycles. The van der Waals surface area contributed by atoms with E-state index in [1.165, 1.54) is 4.68 Å². The Morgan fingerprint density at radius 2 is 2.00 bits per heavy atom. The van der Waals surface area contributed by atoms with Crippen LogP contribution in [0.5, 0.6) is 11.5 Å². The molecular weight excluding hydrogens is 502 g/mol. The summed E-state index contributed by atoms with van der Waals surface area (Å²) in [6, 6.07) is 9.14. The summed E-state index contributed by atoms with van der Waals surface area (Å²) in [6.45, 7) is 6.37. The summed E-state index contributed by atoms with van der Waals surface area (Å²) in [5, 5.41) is 4.97. The fourth-order valence-corrected chi connectivity index (χ4v) is 3.88. The highest BCUT2D eigenvalue weighted by Crippen LogP contribution is 2.36. The van der Waals surface area contributed by atoms with Gasteiger partial charge in [-0.3, -0.25) is 4.79 Å². The molecule has 152 valence electrons. The van der Waals surface area contributed by atoms with Crippen molar-refractivity contribution in [3.8, 4) is 11.5 Å². The molecule has 0 fully saturated rings. The van der Waals surface area contributed by atoms with Crippen molar-refractivity contribution in [2.75, 3.05) is 13.7 Å². The fourth-order valence-electron chi connectivity index (χ4n) is 2.90. The van der Waals surface area contributed by atoms with E-state index in [9.17, 15) is 4.79 Å². The molecule has 3 rings (SSSR count). The number of nitrogens with zero attached hydrogens (tertiary/aromatic N) is 3. The summed E-state index contributed by atoms with van der Waals surface area (Å²) in [6.07, 6.45) is 1.62. The van der Waals surface area contributed by atoms with E-state index in [0.717, 1.165) is 14.5 Å². The number of halogens is 2. The molecule has 3 aromatic rings. The van der Waals surface area contributed by atoms with E-state index < -0.39 is 0 Å². The predicted octanol–water partition coefficient (Wildman–Crippen LogP) is 5.33. The summed E-state index contributed by atoms with van der Waals surface area (Å²) >= 11 is 6.91. The van der Waals surface area contributed by atoms with Crippen molar-refractivity contribution in [1.82, 2.24) is 9.66 Å². The molecular formula is C21H21Br2N3O3. The van der Waals surface area contributed by atoms with Gasteiger partial charge >= 0.3 is 0 Å². The number of ether oxygens (including phenoxy) is 2. The van der Waals surface area contributed by atoms with E-state index in [4.69, 9.17) is 9.47 Å². The second-order valence-corrected chi connectivity index (χ2v) is 8.38. The standard InChI is InChI=1S/C21H21Br2N3O3/c1-5-29-18-9-13(8-16(23)19(18)28-4)11-24-26-20(12(2)3)25-17-7-6-14(22)10-15(17)21(26)27/h6-12H,5H2,1-4H3. The highest BCUT2D eigenvalue weighted by molar-refractivity contribution is 9.10. The first-order valence-electron chi connectivity index (χ1n) is 9.12. The van der Waals surface area contributed by atoms with Crippen molar-refractivity contribution in [3.05, 3.63) is 61.0 Å². The zero-order valence-corrected chi connectivity index (χ0v) is 19.7. The first-order valence-corrected chi connectivity index (χ1v) is 10.7. The SMILES string of the molecule is CCOc1cc(C=Nn2c(C(C)C)nc3ccc(Br)cc3c2=O)cc(Br)c1OC. The Kier molecular flexibility index (Phi) is 6.74. The van der Waals surface area contributed by atoms with E-state index >= 15 is 0 Å². The van der Waals surface area contributed by atoms with Crippen LogP contribution in [-0.4, -0.2) is 29.6 Å². The first-order chi connectivity index (χ1) is 13.8. The van der Waals surface area contributed by atoms with Gasteiger partial charge in [0.1, 0.15) is 5.82 Å². The van der Waals surface area contributed by atoms with Gasteiger partial charge in [-0.1, -0.05) is 29.8 Å². The molecule has 29 heavy (non-hydrogen) atoms. The number of aromatic nitrogens is 2. The summed E-state index contributed by atoms with van der Waals surface area (Å²) in [5.41, 5.74) is 1.20. The number of rotatable bonds is 6. The van der Waals surface area contributed by atoms with Crippen LogP contribution < -0.4 is 15.0 Å². The molecule has 0 atom stereocenters. The quantitative estimate of drug-likeness (QED) is 0.410. The van der Waals surface area contributed by atoms with E-state index in [1.54, 1.807) is 19.4 Å². The van der Waals surface area contributed by atoms with Crippen molar-refractivity contribution in [3.63, 3.8) is 0 Å². The third-order valence-electron chi connectivity index (χ3n) is 4.21. The third kappa shape index (κ3) is 4.53. The summed E-state index contributed by atoms with van der Waals surface area (Å²) in [5.74, 6) is 1.83. The molecule has 2 aromatic carbocycles. The summed E-state index contributed by atoms with van der Waals surface area (Å²) < 4.78 is 14.0. The minimum Gasteiger partial charge on any atom is -0.492 e. The topological polar surface area (TPSA) is 65.7 Å². The maximum absolute atomic E-state index is 13.1. The molecule has 0 spiro atoms. The van der Waals surface area contributed by atoms with Crippen LogP contribution in [0.3, 0.4) is 0 Å². The number of benzene rings is 2. The Hall–Kier alpha value is -2.19. The van der Waals surface area contributed by atoms with Crippen LogP contribution in [0.25, 0.3) is 10.9 Å². The number of hydrogen-bond acceptors (Lipinski definition) is 5. The molecule has 0 saturated carbocycles. The van der Waals surface area contributed by atoms with Crippen molar-refractivity contribution in [1.29, 1.82) is 0 Å². The number of fused-ring (bicyclic) bond motifs is 1. The Morgan fingerprint density at radius 1 is 1.24 bits per heavy atom. The molecule has 0 aliphatic rings. The minimum atomic E-state index is -0.214. The molecule has 0 unspecified atom stereocenters. The highest BCUT2D eigenvalue weighted by Gasteiger charge is 2.14. The molecule has 0 amide bonds. The third-order valence-corrected chi connectivity index (χ3v) is 5.29. The van der Waals surface area contributed by atoms with Crippen LogP contribution >= 0.6 is 31.9 Å². The molecule has 0 aliphatic carbocycles. The van der Waals surface area contributed by atoms with Gasteiger partial charge in [0.05, 0.1) is 35.3 Å². The average molecular weight is 523 g/mol. The van der Waals surface area contributed by atoms with E-state index in [1.807, 2.05) is 45.0 Å². The van der Waals surface area contributed by atoms with E-state index in [-0.39, 0.29) is 11.5 Å². The van der Waals surface area contributed by atoms with E-state index in [2.05, 4.69) is 41.9 Å². The zero-order chi connectivity index (χ0) is 21.1.